The Kier molecular flexibility index (Phi) is 3.58. The van der Waals surface area contributed by atoms with E-state index < -0.39 is 24.0 Å². The molecule has 2 heterocycles. The largest absolute Gasteiger partial charge is 0.371 e. The zero-order chi connectivity index (χ0) is 16.1. The quantitative estimate of drug-likeness (QED) is 0.860. The number of rotatable bonds is 2. The number of halogens is 3. The molecule has 8 heteroatoms. The van der Waals surface area contributed by atoms with Crippen molar-refractivity contribution in [3.05, 3.63) is 39.8 Å². The van der Waals surface area contributed by atoms with Crippen molar-refractivity contribution in [2.24, 2.45) is 0 Å². The molecule has 0 unspecified atom stereocenters. The summed E-state index contributed by atoms with van der Waals surface area (Å²) in [6, 6.07) is 5.94. The molecular weight excluding hydrogens is 378 g/mol. The standard InChI is InChI=1S/C14H11BrF2N2O2S/c1-19-7-13(16,17)14(21,12(19)20)9-4-2-3-8(5-9)11-18-10(15)6-22-11/h2-6,21H,7H2,1H3/t14-/m0/s1. The maximum Gasteiger partial charge on any atom is 0.306 e. The molecule has 1 aliphatic rings. The van der Waals surface area contributed by atoms with Crippen molar-refractivity contribution in [1.82, 2.24) is 9.88 Å². The fourth-order valence-electron chi connectivity index (χ4n) is 2.52. The molecule has 1 amide bonds. The van der Waals surface area contributed by atoms with Gasteiger partial charge in [-0.15, -0.1) is 11.3 Å². The van der Waals surface area contributed by atoms with Gasteiger partial charge in [0.05, 0.1) is 6.54 Å². The normalized spacial score (nSPS) is 24.0. The Morgan fingerprint density at radius 1 is 1.45 bits per heavy atom. The van der Waals surface area contributed by atoms with Gasteiger partial charge >= 0.3 is 5.92 Å². The van der Waals surface area contributed by atoms with Crippen LogP contribution in [-0.2, 0) is 10.4 Å². The summed E-state index contributed by atoms with van der Waals surface area (Å²) < 4.78 is 29.0. The van der Waals surface area contributed by atoms with Gasteiger partial charge in [-0.2, -0.15) is 0 Å². The highest BCUT2D eigenvalue weighted by atomic mass is 79.9. The van der Waals surface area contributed by atoms with Gasteiger partial charge in [0.25, 0.3) is 5.91 Å². The first kappa shape index (κ1) is 15.5. The fourth-order valence-corrected chi connectivity index (χ4v) is 3.77. The Morgan fingerprint density at radius 3 is 2.73 bits per heavy atom. The van der Waals surface area contributed by atoms with Gasteiger partial charge in [0.1, 0.15) is 9.61 Å². The third kappa shape index (κ3) is 2.17. The molecule has 22 heavy (non-hydrogen) atoms. The van der Waals surface area contributed by atoms with Crippen LogP contribution < -0.4 is 0 Å². The second-order valence-corrected chi connectivity index (χ2v) is 6.80. The Labute approximate surface area is 137 Å². The van der Waals surface area contributed by atoms with E-state index in [1.165, 1.54) is 36.6 Å². The van der Waals surface area contributed by atoms with Crippen LogP contribution in [0.1, 0.15) is 5.56 Å². The highest BCUT2D eigenvalue weighted by Crippen LogP contribution is 2.45. The lowest BCUT2D eigenvalue weighted by atomic mass is 9.88. The van der Waals surface area contributed by atoms with Gasteiger partial charge < -0.3 is 10.0 Å². The summed E-state index contributed by atoms with van der Waals surface area (Å²) in [7, 11) is 1.25. The predicted molar refractivity (Wildman–Crippen MR) is 81.7 cm³/mol. The average molecular weight is 389 g/mol. The molecule has 4 nitrogen and oxygen atoms in total. The summed E-state index contributed by atoms with van der Waals surface area (Å²) >= 11 is 4.56. The molecule has 1 aromatic carbocycles. The number of likely N-dealkylation sites (N-methyl/N-ethyl adjacent to an activating group) is 1. The number of alkyl halides is 2. The van der Waals surface area contributed by atoms with E-state index in [1.54, 1.807) is 11.4 Å². The van der Waals surface area contributed by atoms with E-state index in [0.717, 1.165) is 4.90 Å². The smallest absolute Gasteiger partial charge is 0.306 e. The fraction of sp³-hybridized carbons (Fsp3) is 0.286. The molecule has 2 aromatic rings. The number of aliphatic hydroxyl groups is 1. The molecule has 3 rings (SSSR count). The minimum absolute atomic E-state index is 0.129. The number of benzene rings is 1. The molecule has 1 aromatic heterocycles. The van der Waals surface area contributed by atoms with Gasteiger partial charge in [-0.25, -0.2) is 13.8 Å². The first-order chi connectivity index (χ1) is 10.3. The topological polar surface area (TPSA) is 53.4 Å². The summed E-state index contributed by atoms with van der Waals surface area (Å²) in [4.78, 5) is 17.1. The summed E-state index contributed by atoms with van der Waals surface area (Å²) in [5.74, 6) is -4.56. The van der Waals surface area contributed by atoms with Crippen molar-refractivity contribution in [2.45, 2.75) is 11.5 Å². The molecule has 1 atom stereocenters. The SMILES string of the molecule is CN1CC(F)(F)[C@](O)(c2cccc(-c3nc(Br)cs3)c2)C1=O. The first-order valence-corrected chi connectivity index (χ1v) is 8.01. The Hall–Kier alpha value is -1.38. The number of nitrogens with zero attached hydrogens (tertiary/aromatic N) is 2. The van der Waals surface area contributed by atoms with Crippen LogP contribution in [-0.4, -0.2) is 40.4 Å². The second-order valence-electron chi connectivity index (χ2n) is 5.13. The lowest BCUT2D eigenvalue weighted by Crippen LogP contribution is -2.47. The molecule has 0 saturated carbocycles. The lowest BCUT2D eigenvalue weighted by Gasteiger charge is -2.26. The molecule has 0 radical (unpaired) electrons. The first-order valence-electron chi connectivity index (χ1n) is 6.33. The maximum atomic E-state index is 14.2. The highest BCUT2D eigenvalue weighted by Gasteiger charge is 2.66. The lowest BCUT2D eigenvalue weighted by molar-refractivity contribution is -0.173. The number of carbonyl (C=O) groups excluding carboxylic acids is 1. The van der Waals surface area contributed by atoms with Crippen molar-refractivity contribution in [3.8, 4) is 10.6 Å². The van der Waals surface area contributed by atoms with E-state index in [2.05, 4.69) is 20.9 Å². The molecular formula is C14H11BrF2N2O2S. The zero-order valence-corrected chi connectivity index (χ0v) is 13.8. The van der Waals surface area contributed by atoms with E-state index in [0.29, 0.717) is 15.2 Å². The summed E-state index contributed by atoms with van der Waals surface area (Å²) in [5.41, 5.74) is -2.40. The zero-order valence-electron chi connectivity index (χ0n) is 11.4. The van der Waals surface area contributed by atoms with Crippen molar-refractivity contribution < 1.29 is 18.7 Å². The summed E-state index contributed by atoms with van der Waals surface area (Å²) in [6.45, 7) is -0.810. The van der Waals surface area contributed by atoms with Crippen LogP contribution >= 0.6 is 27.3 Å². The van der Waals surface area contributed by atoms with Crippen LogP contribution in [0.25, 0.3) is 10.6 Å². The van der Waals surface area contributed by atoms with Gasteiger partial charge in [0.15, 0.2) is 0 Å². The highest BCUT2D eigenvalue weighted by molar-refractivity contribution is 9.10. The molecule has 1 fully saturated rings. The Bertz CT molecular complexity index is 752. The Morgan fingerprint density at radius 2 is 2.18 bits per heavy atom. The van der Waals surface area contributed by atoms with E-state index >= 15 is 0 Å². The second kappa shape index (κ2) is 5.07. The number of carbonyl (C=O) groups is 1. The predicted octanol–water partition coefficient (Wildman–Crippen LogP) is 2.87. The van der Waals surface area contributed by atoms with Crippen molar-refractivity contribution in [2.75, 3.05) is 13.6 Å². The number of amides is 1. The molecule has 0 spiro atoms. The summed E-state index contributed by atoms with van der Waals surface area (Å²) in [5, 5.41) is 12.8. The maximum absolute atomic E-state index is 14.2. The van der Waals surface area contributed by atoms with Crippen LogP contribution in [0.15, 0.2) is 34.2 Å². The number of hydrogen-bond acceptors (Lipinski definition) is 4. The molecule has 1 saturated heterocycles. The van der Waals surface area contributed by atoms with E-state index in [4.69, 9.17) is 0 Å². The van der Waals surface area contributed by atoms with Crippen LogP contribution in [0, 0.1) is 0 Å². The number of hydrogen-bond donors (Lipinski definition) is 1. The third-order valence-electron chi connectivity index (χ3n) is 3.62. The molecule has 0 aliphatic carbocycles. The van der Waals surface area contributed by atoms with Crippen molar-refractivity contribution in [1.29, 1.82) is 0 Å². The summed E-state index contributed by atoms with van der Waals surface area (Å²) in [6.07, 6.45) is 0. The van der Waals surface area contributed by atoms with Crippen molar-refractivity contribution >= 4 is 33.2 Å². The van der Waals surface area contributed by atoms with E-state index in [-0.39, 0.29) is 5.56 Å². The van der Waals surface area contributed by atoms with Gasteiger partial charge in [-0.05, 0) is 27.6 Å². The number of aromatic nitrogens is 1. The van der Waals surface area contributed by atoms with Gasteiger partial charge in [-0.3, -0.25) is 4.79 Å². The van der Waals surface area contributed by atoms with Crippen LogP contribution in [0.2, 0.25) is 0 Å². The van der Waals surface area contributed by atoms with Crippen molar-refractivity contribution in [3.63, 3.8) is 0 Å². The monoisotopic (exact) mass is 388 g/mol. The minimum atomic E-state index is -3.55. The Balaban J connectivity index is 2.11. The van der Waals surface area contributed by atoms with Crippen LogP contribution in [0.3, 0.4) is 0 Å². The van der Waals surface area contributed by atoms with Gasteiger partial charge in [-0.1, -0.05) is 18.2 Å². The van der Waals surface area contributed by atoms with E-state index in [1.807, 2.05) is 0 Å². The number of likely N-dealkylation sites (tertiary alicyclic amines) is 1. The van der Waals surface area contributed by atoms with Gasteiger partial charge in [0.2, 0.25) is 5.60 Å². The minimum Gasteiger partial charge on any atom is -0.371 e. The average Bonchev–Trinajstić information content (AvgIpc) is 2.97. The molecule has 1 N–H and O–H groups in total. The van der Waals surface area contributed by atoms with Gasteiger partial charge in [0, 0.05) is 18.0 Å². The van der Waals surface area contributed by atoms with Crippen LogP contribution in [0.5, 0.6) is 0 Å². The molecule has 116 valence electrons. The molecule has 1 aliphatic heterocycles. The number of thiazole rings is 1. The third-order valence-corrected chi connectivity index (χ3v) is 5.23. The van der Waals surface area contributed by atoms with E-state index in [9.17, 15) is 18.7 Å². The molecule has 0 bridgehead atoms. The van der Waals surface area contributed by atoms with Crippen LogP contribution in [0.4, 0.5) is 8.78 Å².